The van der Waals surface area contributed by atoms with E-state index in [1.807, 2.05) is 0 Å². The third-order valence-corrected chi connectivity index (χ3v) is 3.26. The molecule has 1 atom stereocenters. The van der Waals surface area contributed by atoms with Crippen LogP contribution >= 0.6 is 32.9 Å². The molecule has 1 rings (SSSR count). The number of likely N-dealkylation sites (tertiary alicyclic amines) is 1. The molecular formula is C9H19Br2N. The van der Waals surface area contributed by atoms with Crippen LogP contribution in [0.1, 0.15) is 33.1 Å². The molecule has 0 aromatic heterocycles. The van der Waals surface area contributed by atoms with Crippen LogP contribution in [0.25, 0.3) is 0 Å². The molecule has 0 saturated carbocycles. The lowest BCUT2D eigenvalue weighted by Crippen LogP contribution is -2.44. The minimum atomic E-state index is 0. The van der Waals surface area contributed by atoms with E-state index in [2.05, 4.69) is 34.7 Å². The minimum Gasteiger partial charge on any atom is -0.297 e. The van der Waals surface area contributed by atoms with E-state index < -0.39 is 0 Å². The van der Waals surface area contributed by atoms with E-state index in [4.69, 9.17) is 0 Å². The Balaban J connectivity index is 0.00000121. The smallest absolute Gasteiger partial charge is 0.0195 e. The second-order valence-corrected chi connectivity index (χ2v) is 4.28. The molecule has 1 fully saturated rings. The van der Waals surface area contributed by atoms with Crippen molar-refractivity contribution in [2.75, 3.05) is 11.9 Å². The van der Waals surface area contributed by atoms with Gasteiger partial charge in [0.05, 0.1) is 0 Å². The van der Waals surface area contributed by atoms with Crippen LogP contribution in [-0.2, 0) is 0 Å². The highest BCUT2D eigenvalue weighted by atomic mass is 79.9. The van der Waals surface area contributed by atoms with Gasteiger partial charge in [-0.25, -0.2) is 0 Å². The van der Waals surface area contributed by atoms with E-state index in [0.29, 0.717) is 0 Å². The van der Waals surface area contributed by atoms with E-state index in [0.717, 1.165) is 17.4 Å². The van der Waals surface area contributed by atoms with Gasteiger partial charge in [-0.3, -0.25) is 4.90 Å². The Bertz CT molecular complexity index is 117. The summed E-state index contributed by atoms with van der Waals surface area (Å²) in [5.41, 5.74) is 0. The minimum absolute atomic E-state index is 0. The predicted molar refractivity (Wildman–Crippen MR) is 63.6 cm³/mol. The van der Waals surface area contributed by atoms with Crippen molar-refractivity contribution in [2.45, 2.75) is 45.2 Å². The predicted octanol–water partition coefficient (Wildman–Crippen LogP) is 3.22. The molecule has 1 unspecified atom stereocenters. The summed E-state index contributed by atoms with van der Waals surface area (Å²) in [6, 6.07) is 1.52. The zero-order valence-electron chi connectivity index (χ0n) is 7.92. The van der Waals surface area contributed by atoms with Crippen LogP contribution in [0.4, 0.5) is 0 Å². The van der Waals surface area contributed by atoms with E-state index in [1.54, 1.807) is 0 Å². The summed E-state index contributed by atoms with van der Waals surface area (Å²) in [5, 5.41) is 1.14. The molecule has 0 bridgehead atoms. The molecule has 0 aromatic carbocycles. The Labute approximate surface area is 94.8 Å². The third kappa shape index (κ3) is 3.35. The van der Waals surface area contributed by atoms with Gasteiger partial charge < -0.3 is 0 Å². The summed E-state index contributed by atoms with van der Waals surface area (Å²) < 4.78 is 0. The van der Waals surface area contributed by atoms with Gasteiger partial charge in [0.1, 0.15) is 0 Å². The summed E-state index contributed by atoms with van der Waals surface area (Å²) in [7, 11) is 0. The monoisotopic (exact) mass is 299 g/mol. The molecule has 1 heterocycles. The number of halogens is 2. The summed E-state index contributed by atoms with van der Waals surface area (Å²) >= 11 is 3.58. The van der Waals surface area contributed by atoms with Gasteiger partial charge in [0.25, 0.3) is 0 Å². The molecule has 0 amide bonds. The first-order chi connectivity index (χ1) is 5.25. The topological polar surface area (TPSA) is 3.24 Å². The van der Waals surface area contributed by atoms with Crippen molar-refractivity contribution >= 4 is 32.9 Å². The molecule has 1 nitrogen and oxygen atoms in total. The summed E-state index contributed by atoms with van der Waals surface area (Å²) in [6.45, 7) is 5.88. The summed E-state index contributed by atoms with van der Waals surface area (Å²) in [6.07, 6.45) is 4.19. The second-order valence-electron chi connectivity index (χ2n) is 3.64. The largest absolute Gasteiger partial charge is 0.297 e. The number of piperidine rings is 1. The molecule has 0 radical (unpaired) electrons. The molecule has 74 valence electrons. The Morgan fingerprint density at radius 3 is 2.50 bits per heavy atom. The average molecular weight is 301 g/mol. The fraction of sp³-hybridized carbons (Fsp3) is 1.00. The van der Waals surface area contributed by atoms with Crippen molar-refractivity contribution in [3.8, 4) is 0 Å². The van der Waals surface area contributed by atoms with Gasteiger partial charge in [0, 0.05) is 17.4 Å². The molecule has 1 aliphatic rings. The number of alkyl halides is 1. The zero-order chi connectivity index (χ0) is 8.27. The van der Waals surface area contributed by atoms with Crippen LogP contribution in [-0.4, -0.2) is 28.9 Å². The lowest BCUT2D eigenvalue weighted by atomic mass is 10.0. The van der Waals surface area contributed by atoms with Crippen LogP contribution in [0.5, 0.6) is 0 Å². The zero-order valence-corrected chi connectivity index (χ0v) is 11.2. The molecule has 0 aromatic rings. The molecule has 0 aliphatic carbocycles. The first kappa shape index (κ1) is 12.9. The highest BCUT2D eigenvalue weighted by Crippen LogP contribution is 2.20. The van der Waals surface area contributed by atoms with E-state index in [9.17, 15) is 0 Å². The lowest BCUT2D eigenvalue weighted by molar-refractivity contribution is 0.127. The van der Waals surface area contributed by atoms with Gasteiger partial charge >= 0.3 is 0 Å². The number of hydrogen-bond donors (Lipinski definition) is 0. The van der Waals surface area contributed by atoms with Crippen molar-refractivity contribution in [2.24, 2.45) is 0 Å². The van der Waals surface area contributed by atoms with Gasteiger partial charge in [-0.2, -0.15) is 0 Å². The SMILES string of the molecule is Br.CC(C)N1CCCCC1CBr. The van der Waals surface area contributed by atoms with Crippen molar-refractivity contribution < 1.29 is 0 Å². The highest BCUT2D eigenvalue weighted by molar-refractivity contribution is 9.09. The molecule has 3 heteroatoms. The van der Waals surface area contributed by atoms with Crippen LogP contribution < -0.4 is 0 Å². The average Bonchev–Trinajstić information content (AvgIpc) is 2.04. The molecular weight excluding hydrogens is 282 g/mol. The van der Waals surface area contributed by atoms with Crippen LogP contribution in [0.15, 0.2) is 0 Å². The molecule has 0 N–H and O–H groups in total. The fourth-order valence-corrected chi connectivity index (χ4v) is 2.56. The number of rotatable bonds is 2. The van der Waals surface area contributed by atoms with Crippen LogP contribution in [0.2, 0.25) is 0 Å². The quantitative estimate of drug-likeness (QED) is 0.708. The van der Waals surface area contributed by atoms with Crippen molar-refractivity contribution in [3.63, 3.8) is 0 Å². The highest BCUT2D eigenvalue weighted by Gasteiger charge is 2.22. The Morgan fingerprint density at radius 1 is 1.42 bits per heavy atom. The molecule has 1 saturated heterocycles. The Kier molecular flexibility index (Phi) is 6.87. The van der Waals surface area contributed by atoms with Gasteiger partial charge in [0.2, 0.25) is 0 Å². The van der Waals surface area contributed by atoms with Crippen LogP contribution in [0, 0.1) is 0 Å². The maximum Gasteiger partial charge on any atom is 0.0195 e. The van der Waals surface area contributed by atoms with Crippen molar-refractivity contribution in [3.05, 3.63) is 0 Å². The van der Waals surface area contributed by atoms with Gasteiger partial charge in [0.15, 0.2) is 0 Å². The summed E-state index contributed by atoms with van der Waals surface area (Å²) in [5.74, 6) is 0. The first-order valence-electron chi connectivity index (χ1n) is 4.57. The van der Waals surface area contributed by atoms with Gasteiger partial charge in [-0.15, -0.1) is 17.0 Å². The maximum atomic E-state index is 3.58. The molecule has 0 spiro atoms. The number of nitrogens with zero attached hydrogens (tertiary/aromatic N) is 1. The Morgan fingerprint density at radius 2 is 2.08 bits per heavy atom. The third-order valence-electron chi connectivity index (χ3n) is 2.51. The van der Waals surface area contributed by atoms with Gasteiger partial charge in [-0.1, -0.05) is 22.4 Å². The molecule has 1 aliphatic heterocycles. The van der Waals surface area contributed by atoms with E-state index in [-0.39, 0.29) is 17.0 Å². The standard InChI is InChI=1S/C9H18BrN.BrH/c1-8(2)11-6-4-3-5-9(11)7-10;/h8-9H,3-7H2,1-2H3;1H. The first-order valence-corrected chi connectivity index (χ1v) is 5.69. The van der Waals surface area contributed by atoms with E-state index >= 15 is 0 Å². The van der Waals surface area contributed by atoms with Gasteiger partial charge in [-0.05, 0) is 33.2 Å². The second kappa shape index (κ2) is 6.39. The maximum absolute atomic E-state index is 3.58. The Hall–Kier alpha value is 0.920. The van der Waals surface area contributed by atoms with Crippen molar-refractivity contribution in [1.29, 1.82) is 0 Å². The lowest BCUT2D eigenvalue weighted by Gasteiger charge is -2.37. The van der Waals surface area contributed by atoms with E-state index in [1.165, 1.54) is 25.8 Å². The van der Waals surface area contributed by atoms with Crippen molar-refractivity contribution in [1.82, 2.24) is 4.90 Å². The number of hydrogen-bond acceptors (Lipinski definition) is 1. The molecule has 12 heavy (non-hydrogen) atoms. The fourth-order valence-electron chi connectivity index (χ4n) is 1.87. The van der Waals surface area contributed by atoms with Crippen LogP contribution in [0.3, 0.4) is 0 Å². The summed E-state index contributed by atoms with van der Waals surface area (Å²) in [4.78, 5) is 2.61. The normalized spacial score (nSPS) is 25.5.